The highest BCUT2D eigenvalue weighted by atomic mass is 35.5. The lowest BCUT2D eigenvalue weighted by Crippen LogP contribution is -2.12. The lowest BCUT2D eigenvalue weighted by Gasteiger charge is -2.08. The van der Waals surface area contributed by atoms with Crippen molar-refractivity contribution in [3.05, 3.63) is 58.2 Å². The zero-order chi connectivity index (χ0) is 15.2. The van der Waals surface area contributed by atoms with Gasteiger partial charge in [-0.25, -0.2) is 4.98 Å². The van der Waals surface area contributed by atoms with E-state index in [1.54, 1.807) is 0 Å². The number of halogens is 1. The van der Waals surface area contributed by atoms with E-state index < -0.39 is 5.91 Å². The molecule has 5 heteroatoms. The third kappa shape index (κ3) is 4.20. The first-order valence-corrected chi connectivity index (χ1v) is 7.25. The van der Waals surface area contributed by atoms with Crippen LogP contribution in [0.1, 0.15) is 28.4 Å². The van der Waals surface area contributed by atoms with Crippen molar-refractivity contribution < 1.29 is 4.79 Å². The summed E-state index contributed by atoms with van der Waals surface area (Å²) >= 11 is 6.06. The lowest BCUT2D eigenvalue weighted by molar-refractivity contribution is 0.1000. The van der Waals surface area contributed by atoms with Gasteiger partial charge in [0.25, 0.3) is 0 Å². The number of aromatic nitrogens is 1. The maximum Gasteiger partial charge on any atom is 0.250 e. The Morgan fingerprint density at radius 2 is 1.95 bits per heavy atom. The smallest absolute Gasteiger partial charge is 0.250 e. The molecule has 2 aromatic rings. The number of nitrogens with zero attached hydrogens (tertiary/aromatic N) is 1. The van der Waals surface area contributed by atoms with E-state index >= 15 is 0 Å². The fraction of sp³-hybridized carbons (Fsp3) is 0.250. The van der Waals surface area contributed by atoms with Crippen LogP contribution < -0.4 is 11.1 Å². The molecule has 1 amide bonds. The Hall–Kier alpha value is -2.07. The van der Waals surface area contributed by atoms with Crippen LogP contribution in [-0.2, 0) is 12.8 Å². The molecule has 0 spiro atoms. The van der Waals surface area contributed by atoms with Gasteiger partial charge in [-0.15, -0.1) is 0 Å². The van der Waals surface area contributed by atoms with Crippen LogP contribution in [-0.4, -0.2) is 17.4 Å². The molecule has 0 fully saturated rings. The van der Waals surface area contributed by atoms with Crippen molar-refractivity contribution >= 4 is 23.3 Å². The minimum absolute atomic E-state index is 0.306. The molecule has 110 valence electrons. The Balaban J connectivity index is 1.92. The van der Waals surface area contributed by atoms with E-state index in [-0.39, 0.29) is 0 Å². The molecule has 2 rings (SSSR count). The topological polar surface area (TPSA) is 68.0 Å². The lowest BCUT2D eigenvalue weighted by atomic mass is 10.1. The number of hydrogen-bond donors (Lipinski definition) is 2. The highest BCUT2D eigenvalue weighted by Crippen LogP contribution is 2.19. The van der Waals surface area contributed by atoms with Crippen molar-refractivity contribution in [3.8, 4) is 0 Å². The molecule has 0 unspecified atom stereocenters. The average Bonchev–Trinajstić information content (AvgIpc) is 2.49. The maximum absolute atomic E-state index is 11.0. The van der Waals surface area contributed by atoms with Crippen LogP contribution in [0.15, 0.2) is 36.5 Å². The summed E-state index contributed by atoms with van der Waals surface area (Å²) in [6.45, 7) is 2.86. The number of nitrogens with two attached hydrogens (primary N) is 1. The van der Waals surface area contributed by atoms with Crippen LogP contribution in [0.4, 0.5) is 5.82 Å². The van der Waals surface area contributed by atoms with Crippen LogP contribution >= 0.6 is 11.6 Å². The second-order valence-corrected chi connectivity index (χ2v) is 5.17. The fourth-order valence-electron chi connectivity index (χ4n) is 1.97. The Kier molecular flexibility index (Phi) is 5.17. The number of pyridine rings is 1. The van der Waals surface area contributed by atoms with Gasteiger partial charge in [0.05, 0.1) is 10.6 Å². The number of primary amides is 1. The zero-order valence-electron chi connectivity index (χ0n) is 11.9. The minimum Gasteiger partial charge on any atom is -0.369 e. The first-order chi connectivity index (χ1) is 10.1. The molecule has 21 heavy (non-hydrogen) atoms. The van der Waals surface area contributed by atoms with Gasteiger partial charge < -0.3 is 11.1 Å². The van der Waals surface area contributed by atoms with Gasteiger partial charge in [0.2, 0.25) is 5.91 Å². The standard InChI is InChI=1S/C16H18ClN3O/c1-2-11-3-5-12(6-4-11)7-8-19-16-14(17)9-13(10-20-16)15(18)21/h3-6,9-10H,2,7-8H2,1H3,(H2,18,21)(H,19,20). The Morgan fingerprint density at radius 3 is 2.52 bits per heavy atom. The van der Waals surface area contributed by atoms with Crippen molar-refractivity contribution in [3.63, 3.8) is 0 Å². The van der Waals surface area contributed by atoms with E-state index in [1.165, 1.54) is 23.4 Å². The molecule has 1 heterocycles. The van der Waals surface area contributed by atoms with E-state index in [0.717, 1.165) is 12.8 Å². The van der Waals surface area contributed by atoms with E-state index in [2.05, 4.69) is 41.5 Å². The predicted molar refractivity (Wildman–Crippen MR) is 85.8 cm³/mol. The van der Waals surface area contributed by atoms with E-state index in [0.29, 0.717) is 22.9 Å². The first-order valence-electron chi connectivity index (χ1n) is 6.87. The molecule has 0 aliphatic heterocycles. The highest BCUT2D eigenvalue weighted by molar-refractivity contribution is 6.33. The molecule has 0 aliphatic carbocycles. The van der Waals surface area contributed by atoms with Gasteiger partial charge in [-0.1, -0.05) is 42.8 Å². The molecule has 3 N–H and O–H groups in total. The van der Waals surface area contributed by atoms with Crippen LogP contribution in [0.3, 0.4) is 0 Å². The summed E-state index contributed by atoms with van der Waals surface area (Å²) in [5.41, 5.74) is 8.07. The molecule has 0 atom stereocenters. The van der Waals surface area contributed by atoms with Gasteiger partial charge in [0.15, 0.2) is 0 Å². The number of nitrogens with one attached hydrogen (secondary N) is 1. The molecule has 1 aromatic heterocycles. The monoisotopic (exact) mass is 303 g/mol. The van der Waals surface area contributed by atoms with Crippen molar-refractivity contribution in [2.45, 2.75) is 19.8 Å². The number of carbonyl (C=O) groups is 1. The summed E-state index contributed by atoms with van der Waals surface area (Å²) in [5, 5.41) is 3.56. The number of benzene rings is 1. The zero-order valence-corrected chi connectivity index (χ0v) is 12.7. The number of aryl methyl sites for hydroxylation is 1. The van der Waals surface area contributed by atoms with Crippen molar-refractivity contribution in [1.29, 1.82) is 0 Å². The largest absolute Gasteiger partial charge is 0.369 e. The SMILES string of the molecule is CCc1ccc(CCNc2ncc(C(N)=O)cc2Cl)cc1. The summed E-state index contributed by atoms with van der Waals surface area (Å²) in [6.07, 6.45) is 3.34. The van der Waals surface area contributed by atoms with Gasteiger partial charge in [-0.05, 0) is 30.0 Å². The summed E-state index contributed by atoms with van der Waals surface area (Å²) in [6, 6.07) is 10.1. The molecule has 0 saturated carbocycles. The van der Waals surface area contributed by atoms with Gasteiger partial charge in [-0.3, -0.25) is 4.79 Å². The maximum atomic E-state index is 11.0. The molecule has 0 bridgehead atoms. The Labute approximate surface area is 129 Å². The first kappa shape index (κ1) is 15.3. The van der Waals surface area contributed by atoms with Gasteiger partial charge in [-0.2, -0.15) is 0 Å². The minimum atomic E-state index is -0.535. The Bertz CT molecular complexity index is 626. The van der Waals surface area contributed by atoms with Crippen LogP contribution in [0, 0.1) is 0 Å². The van der Waals surface area contributed by atoms with Gasteiger partial charge >= 0.3 is 0 Å². The third-order valence-corrected chi connectivity index (χ3v) is 3.55. The van der Waals surface area contributed by atoms with E-state index in [1.807, 2.05) is 0 Å². The number of amides is 1. The Morgan fingerprint density at radius 1 is 1.29 bits per heavy atom. The molecule has 0 saturated heterocycles. The van der Waals surface area contributed by atoms with Crippen molar-refractivity contribution in [2.24, 2.45) is 5.73 Å². The predicted octanol–water partition coefficient (Wildman–Crippen LogP) is 3.05. The average molecular weight is 304 g/mol. The van der Waals surface area contributed by atoms with Crippen molar-refractivity contribution in [2.75, 3.05) is 11.9 Å². The second kappa shape index (κ2) is 7.09. The van der Waals surface area contributed by atoms with Crippen LogP contribution in [0.5, 0.6) is 0 Å². The molecule has 1 aromatic carbocycles. The number of hydrogen-bond acceptors (Lipinski definition) is 3. The van der Waals surface area contributed by atoms with Crippen molar-refractivity contribution in [1.82, 2.24) is 4.98 Å². The third-order valence-electron chi connectivity index (χ3n) is 3.26. The normalized spacial score (nSPS) is 10.4. The summed E-state index contributed by atoms with van der Waals surface area (Å²) < 4.78 is 0. The molecule has 0 aliphatic rings. The highest BCUT2D eigenvalue weighted by Gasteiger charge is 2.06. The van der Waals surface area contributed by atoms with E-state index in [4.69, 9.17) is 17.3 Å². The van der Waals surface area contributed by atoms with Crippen LogP contribution in [0.25, 0.3) is 0 Å². The molecule has 0 radical (unpaired) electrons. The van der Waals surface area contributed by atoms with Crippen LogP contribution in [0.2, 0.25) is 5.02 Å². The van der Waals surface area contributed by atoms with E-state index in [9.17, 15) is 4.79 Å². The number of anilines is 1. The summed E-state index contributed by atoms with van der Waals surface area (Å²) in [7, 11) is 0. The van der Waals surface area contributed by atoms with Gasteiger partial charge in [0, 0.05) is 12.7 Å². The molecule has 4 nitrogen and oxygen atoms in total. The fourth-order valence-corrected chi connectivity index (χ4v) is 2.20. The number of rotatable bonds is 6. The molecular formula is C16H18ClN3O. The number of carbonyl (C=O) groups excluding carboxylic acids is 1. The molecular weight excluding hydrogens is 286 g/mol. The summed E-state index contributed by atoms with van der Waals surface area (Å²) in [5.74, 6) is 0.0267. The quantitative estimate of drug-likeness (QED) is 0.862. The van der Waals surface area contributed by atoms with Gasteiger partial charge in [0.1, 0.15) is 5.82 Å². The second-order valence-electron chi connectivity index (χ2n) is 4.77. The summed E-state index contributed by atoms with van der Waals surface area (Å²) in [4.78, 5) is 15.1.